The Morgan fingerprint density at radius 3 is 2.56 bits per heavy atom. The van der Waals surface area contributed by atoms with Crippen molar-refractivity contribution >= 4 is 27.4 Å². The molecular weight excluding hydrogens is 368 g/mol. The zero-order valence-electron chi connectivity index (χ0n) is 16.3. The van der Waals surface area contributed by atoms with Crippen LogP contribution in [-0.2, 0) is 19.4 Å². The molecule has 0 spiro atoms. The van der Waals surface area contributed by atoms with E-state index in [4.69, 9.17) is 4.74 Å². The smallest absolute Gasteiger partial charge is 0.338 e. The molecule has 1 aromatic carbocycles. The van der Waals surface area contributed by atoms with Gasteiger partial charge in [0.25, 0.3) is 5.91 Å². The van der Waals surface area contributed by atoms with Crippen LogP contribution < -0.4 is 4.90 Å². The van der Waals surface area contributed by atoms with Crippen LogP contribution >= 0.6 is 0 Å². The molecule has 0 aliphatic carbocycles. The predicted octanol–water partition coefficient (Wildman–Crippen LogP) is 1.72. The SMILES string of the molecule is CCC(C)N(C(=O)COC(=O)c1cccc(N(C)C)c1)C1CCS(=O)(=O)C1. The molecule has 0 saturated carbocycles. The Hall–Kier alpha value is -2.09. The second-order valence-corrected chi connectivity index (χ2v) is 9.36. The lowest BCUT2D eigenvalue weighted by Gasteiger charge is -2.33. The van der Waals surface area contributed by atoms with Crippen molar-refractivity contribution in [3.63, 3.8) is 0 Å². The van der Waals surface area contributed by atoms with E-state index in [1.54, 1.807) is 23.1 Å². The summed E-state index contributed by atoms with van der Waals surface area (Å²) in [7, 11) is 0.628. The maximum Gasteiger partial charge on any atom is 0.338 e. The van der Waals surface area contributed by atoms with Crippen LogP contribution in [0.3, 0.4) is 0 Å². The summed E-state index contributed by atoms with van der Waals surface area (Å²) in [4.78, 5) is 28.4. The third kappa shape index (κ3) is 5.45. The van der Waals surface area contributed by atoms with E-state index in [9.17, 15) is 18.0 Å². The van der Waals surface area contributed by atoms with Crippen LogP contribution in [-0.4, -0.2) is 69.5 Å². The first-order valence-electron chi connectivity index (χ1n) is 9.10. The van der Waals surface area contributed by atoms with Gasteiger partial charge in [-0.05, 0) is 38.0 Å². The number of nitrogens with zero attached hydrogens (tertiary/aromatic N) is 2. The van der Waals surface area contributed by atoms with E-state index in [1.807, 2.05) is 38.9 Å². The van der Waals surface area contributed by atoms with Gasteiger partial charge in [0, 0.05) is 31.9 Å². The van der Waals surface area contributed by atoms with E-state index in [2.05, 4.69) is 0 Å². The fourth-order valence-corrected chi connectivity index (χ4v) is 4.91. The lowest BCUT2D eigenvalue weighted by atomic mass is 10.1. The monoisotopic (exact) mass is 396 g/mol. The number of hydrogen-bond acceptors (Lipinski definition) is 6. The van der Waals surface area contributed by atoms with Crippen molar-refractivity contribution in [2.45, 2.75) is 38.8 Å². The Labute approximate surface area is 161 Å². The number of carbonyl (C=O) groups excluding carboxylic acids is 2. The molecule has 8 heteroatoms. The minimum absolute atomic E-state index is 0.0259. The number of carbonyl (C=O) groups is 2. The summed E-state index contributed by atoms with van der Waals surface area (Å²) in [6.45, 7) is 3.42. The van der Waals surface area contributed by atoms with Gasteiger partial charge in [-0.15, -0.1) is 0 Å². The van der Waals surface area contributed by atoms with Crippen molar-refractivity contribution < 1.29 is 22.7 Å². The van der Waals surface area contributed by atoms with Gasteiger partial charge in [0.2, 0.25) is 0 Å². The number of amides is 1. The summed E-state index contributed by atoms with van der Waals surface area (Å²) in [5.74, 6) is -0.865. The topological polar surface area (TPSA) is 84.0 Å². The number of rotatable bonds is 7. The van der Waals surface area contributed by atoms with Gasteiger partial charge >= 0.3 is 5.97 Å². The molecule has 1 amide bonds. The highest BCUT2D eigenvalue weighted by Gasteiger charge is 2.36. The second kappa shape index (κ2) is 8.73. The van der Waals surface area contributed by atoms with Crippen LogP contribution in [0.1, 0.15) is 37.0 Å². The van der Waals surface area contributed by atoms with Crippen molar-refractivity contribution in [1.82, 2.24) is 4.90 Å². The molecule has 1 aliphatic rings. The first-order chi connectivity index (χ1) is 12.6. The Kier molecular flexibility index (Phi) is 6.86. The van der Waals surface area contributed by atoms with Crippen LogP contribution in [0.5, 0.6) is 0 Å². The van der Waals surface area contributed by atoms with E-state index < -0.39 is 22.4 Å². The van der Waals surface area contributed by atoms with E-state index in [0.29, 0.717) is 18.4 Å². The van der Waals surface area contributed by atoms with Crippen molar-refractivity contribution in [3.05, 3.63) is 29.8 Å². The maximum absolute atomic E-state index is 12.7. The summed E-state index contributed by atoms with van der Waals surface area (Å²) in [6, 6.07) is 6.48. The Morgan fingerprint density at radius 1 is 1.30 bits per heavy atom. The van der Waals surface area contributed by atoms with Crippen molar-refractivity contribution in [2.24, 2.45) is 0 Å². The molecule has 0 radical (unpaired) electrons. The van der Waals surface area contributed by atoms with Gasteiger partial charge in [-0.2, -0.15) is 0 Å². The highest BCUT2D eigenvalue weighted by atomic mass is 32.2. The quantitative estimate of drug-likeness (QED) is 0.653. The van der Waals surface area contributed by atoms with Gasteiger partial charge in [0.15, 0.2) is 16.4 Å². The molecule has 1 saturated heterocycles. The highest BCUT2D eigenvalue weighted by Crippen LogP contribution is 2.22. The number of anilines is 1. The zero-order chi connectivity index (χ0) is 20.2. The van der Waals surface area contributed by atoms with E-state index in [-0.39, 0.29) is 29.5 Å². The van der Waals surface area contributed by atoms with Crippen molar-refractivity contribution in [2.75, 3.05) is 37.1 Å². The Morgan fingerprint density at radius 2 is 2.00 bits per heavy atom. The highest BCUT2D eigenvalue weighted by molar-refractivity contribution is 7.91. The average molecular weight is 397 g/mol. The average Bonchev–Trinajstić information content (AvgIpc) is 2.98. The van der Waals surface area contributed by atoms with Crippen LogP contribution in [0.4, 0.5) is 5.69 Å². The number of benzene rings is 1. The molecule has 0 bridgehead atoms. The summed E-state index contributed by atoms with van der Waals surface area (Å²) >= 11 is 0. The molecule has 1 heterocycles. The number of hydrogen-bond donors (Lipinski definition) is 0. The summed E-state index contributed by atoms with van der Waals surface area (Å²) < 4.78 is 28.8. The third-order valence-corrected chi connectivity index (χ3v) is 6.63. The van der Waals surface area contributed by atoms with Crippen LogP contribution in [0.2, 0.25) is 0 Å². The minimum atomic E-state index is -3.11. The lowest BCUT2D eigenvalue weighted by molar-refractivity contribution is -0.138. The third-order valence-electron chi connectivity index (χ3n) is 4.88. The van der Waals surface area contributed by atoms with Gasteiger partial charge in [-0.3, -0.25) is 4.79 Å². The first kappa shape index (κ1) is 21.2. The zero-order valence-corrected chi connectivity index (χ0v) is 17.2. The minimum Gasteiger partial charge on any atom is -0.452 e. The molecule has 2 rings (SSSR count). The van der Waals surface area contributed by atoms with E-state index in [1.165, 1.54) is 0 Å². The van der Waals surface area contributed by atoms with Crippen LogP contribution in [0.25, 0.3) is 0 Å². The molecule has 2 atom stereocenters. The fraction of sp³-hybridized carbons (Fsp3) is 0.579. The molecule has 7 nitrogen and oxygen atoms in total. The lowest BCUT2D eigenvalue weighted by Crippen LogP contribution is -2.48. The molecule has 0 N–H and O–H groups in total. The molecule has 2 unspecified atom stereocenters. The summed E-state index contributed by atoms with van der Waals surface area (Å²) in [5, 5.41) is 0. The first-order valence-corrected chi connectivity index (χ1v) is 10.9. The second-order valence-electron chi connectivity index (χ2n) is 7.14. The number of sulfone groups is 1. The molecule has 1 aromatic rings. The van der Waals surface area contributed by atoms with Crippen molar-refractivity contribution in [3.8, 4) is 0 Å². The predicted molar refractivity (Wildman–Crippen MR) is 105 cm³/mol. The number of esters is 1. The molecule has 0 aromatic heterocycles. The fourth-order valence-electron chi connectivity index (χ4n) is 3.20. The Bertz CT molecular complexity index is 791. The normalized spacial score (nSPS) is 19.3. The molecule has 150 valence electrons. The molecule has 27 heavy (non-hydrogen) atoms. The van der Waals surface area contributed by atoms with E-state index in [0.717, 1.165) is 5.69 Å². The van der Waals surface area contributed by atoms with Crippen molar-refractivity contribution in [1.29, 1.82) is 0 Å². The van der Waals surface area contributed by atoms with Gasteiger partial charge in [0.05, 0.1) is 17.1 Å². The van der Waals surface area contributed by atoms with E-state index >= 15 is 0 Å². The summed E-state index contributed by atoms with van der Waals surface area (Å²) in [6.07, 6.45) is 1.12. The van der Waals surface area contributed by atoms with Gasteiger partial charge in [-0.25, -0.2) is 13.2 Å². The van der Waals surface area contributed by atoms with Gasteiger partial charge in [-0.1, -0.05) is 13.0 Å². The summed E-state index contributed by atoms with van der Waals surface area (Å²) in [5.41, 5.74) is 1.22. The molecule has 1 fully saturated rings. The standard InChI is InChI=1S/C19H28N2O5S/c1-5-14(2)21(17-9-10-27(24,25)13-17)18(22)12-26-19(23)15-7-6-8-16(11-15)20(3)4/h6-8,11,14,17H,5,9-10,12-13H2,1-4H3. The largest absolute Gasteiger partial charge is 0.452 e. The molecule has 1 aliphatic heterocycles. The van der Waals surface area contributed by atoms with Crippen LogP contribution in [0.15, 0.2) is 24.3 Å². The maximum atomic E-state index is 12.7. The Balaban J connectivity index is 2.05. The van der Waals surface area contributed by atoms with Gasteiger partial charge < -0.3 is 14.5 Å². The number of ether oxygens (including phenoxy) is 1. The molecular formula is C19H28N2O5S. The van der Waals surface area contributed by atoms with Crippen LogP contribution in [0, 0.1) is 0 Å². The van der Waals surface area contributed by atoms with Gasteiger partial charge in [0.1, 0.15) is 0 Å².